The van der Waals surface area contributed by atoms with Gasteiger partial charge in [0.15, 0.2) is 0 Å². The first-order valence-electron chi connectivity index (χ1n) is 8.07. The van der Waals surface area contributed by atoms with Crippen molar-refractivity contribution in [3.8, 4) is 0 Å². The summed E-state index contributed by atoms with van der Waals surface area (Å²) in [6.45, 7) is 11.0. The monoisotopic (exact) mass is 327 g/mol. The molecule has 2 aromatic rings. The Hall–Kier alpha value is -1.61. The van der Waals surface area contributed by atoms with E-state index in [2.05, 4.69) is 39.8 Å². The predicted octanol–water partition coefficient (Wildman–Crippen LogP) is 5.47. The van der Waals surface area contributed by atoms with Gasteiger partial charge >= 0.3 is 0 Å². The quantitative estimate of drug-likeness (QED) is 0.683. The van der Waals surface area contributed by atoms with Gasteiger partial charge in [-0.25, -0.2) is 4.21 Å². The lowest BCUT2D eigenvalue weighted by Gasteiger charge is -2.45. The first-order chi connectivity index (χ1) is 10.7. The summed E-state index contributed by atoms with van der Waals surface area (Å²) in [5.41, 5.74) is 3.06. The van der Waals surface area contributed by atoms with Crippen LogP contribution in [0.4, 0.5) is 5.69 Å². The van der Waals surface area contributed by atoms with Gasteiger partial charge in [0.05, 0.1) is 15.4 Å². The van der Waals surface area contributed by atoms with Crippen molar-refractivity contribution < 1.29 is 4.21 Å². The minimum atomic E-state index is -2.46. The van der Waals surface area contributed by atoms with Gasteiger partial charge in [-0.05, 0) is 36.1 Å². The van der Waals surface area contributed by atoms with E-state index in [9.17, 15) is 4.21 Å². The Labute approximate surface area is 140 Å². The Balaban J connectivity index is 2.28. The lowest BCUT2D eigenvalue weighted by Crippen LogP contribution is -2.44. The molecular formula is C20H25NOS. The van der Waals surface area contributed by atoms with Gasteiger partial charge in [0.25, 0.3) is 0 Å². The van der Waals surface area contributed by atoms with E-state index in [4.69, 9.17) is 4.36 Å². The van der Waals surface area contributed by atoms with Crippen molar-refractivity contribution >= 4 is 15.4 Å². The highest BCUT2D eigenvalue weighted by Gasteiger charge is 2.45. The van der Waals surface area contributed by atoms with Crippen molar-refractivity contribution in [1.29, 1.82) is 0 Å². The zero-order chi connectivity index (χ0) is 16.9. The SMILES string of the molecule is Cc1ccc([S@]2(=O)=Nc3ccccc3[C@](C)(C(C)(C)C)C2)cc1. The van der Waals surface area contributed by atoms with Crippen molar-refractivity contribution in [1.82, 2.24) is 0 Å². The molecule has 0 aliphatic carbocycles. The number of hydrogen-bond acceptors (Lipinski definition) is 2. The first-order valence-corrected chi connectivity index (χ1v) is 9.75. The molecule has 2 atom stereocenters. The van der Waals surface area contributed by atoms with E-state index in [1.54, 1.807) is 0 Å². The zero-order valence-corrected chi connectivity index (χ0v) is 15.4. The van der Waals surface area contributed by atoms with E-state index in [1.165, 1.54) is 11.1 Å². The fourth-order valence-corrected chi connectivity index (χ4v) is 5.93. The van der Waals surface area contributed by atoms with E-state index in [1.807, 2.05) is 43.3 Å². The van der Waals surface area contributed by atoms with Crippen LogP contribution in [0.1, 0.15) is 38.8 Å². The minimum absolute atomic E-state index is 0.00754. The van der Waals surface area contributed by atoms with Crippen LogP contribution in [0.3, 0.4) is 0 Å². The number of hydrogen-bond donors (Lipinski definition) is 0. The molecule has 0 radical (unpaired) electrons. The van der Waals surface area contributed by atoms with Crippen molar-refractivity contribution in [3.63, 3.8) is 0 Å². The molecule has 0 N–H and O–H groups in total. The lowest BCUT2D eigenvalue weighted by molar-refractivity contribution is 0.228. The summed E-state index contributed by atoms with van der Waals surface area (Å²) in [7, 11) is -2.46. The summed E-state index contributed by atoms with van der Waals surface area (Å²) in [6.07, 6.45) is 0. The van der Waals surface area contributed by atoms with Crippen LogP contribution in [-0.4, -0.2) is 9.96 Å². The molecule has 0 saturated heterocycles. The third-order valence-corrected chi connectivity index (χ3v) is 7.74. The summed E-state index contributed by atoms with van der Waals surface area (Å²) in [6, 6.07) is 16.1. The Morgan fingerprint density at radius 3 is 2.26 bits per heavy atom. The molecule has 2 aromatic carbocycles. The second kappa shape index (κ2) is 5.20. The van der Waals surface area contributed by atoms with E-state index < -0.39 is 9.73 Å². The maximum Gasteiger partial charge on any atom is 0.0809 e. The van der Waals surface area contributed by atoms with Crippen molar-refractivity contribution in [3.05, 3.63) is 59.7 Å². The molecule has 122 valence electrons. The van der Waals surface area contributed by atoms with Crippen LogP contribution >= 0.6 is 0 Å². The summed E-state index contributed by atoms with van der Waals surface area (Å²) in [5.74, 6) is 0.559. The predicted molar refractivity (Wildman–Crippen MR) is 97.8 cm³/mol. The molecule has 0 unspecified atom stereocenters. The van der Waals surface area contributed by atoms with Gasteiger partial charge in [0.1, 0.15) is 0 Å². The summed E-state index contributed by atoms with van der Waals surface area (Å²) in [5, 5.41) is 0. The number of aryl methyl sites for hydroxylation is 1. The molecule has 2 nitrogen and oxygen atoms in total. The Morgan fingerprint density at radius 1 is 1.04 bits per heavy atom. The van der Waals surface area contributed by atoms with Crippen molar-refractivity contribution in [2.24, 2.45) is 9.78 Å². The standard InChI is InChI=1S/C20H25NOS/c1-15-10-12-16(13-11-15)23(22)14-20(5,19(2,3)4)17-8-6-7-9-18(17)21-23/h6-13H,14H2,1-5H3/t20-,23+/m1/s1. The van der Waals surface area contributed by atoms with Gasteiger partial charge in [-0.15, -0.1) is 0 Å². The van der Waals surface area contributed by atoms with E-state index in [0.717, 1.165) is 10.6 Å². The van der Waals surface area contributed by atoms with Gasteiger partial charge in [0.2, 0.25) is 0 Å². The molecule has 0 spiro atoms. The largest absolute Gasteiger partial charge is 0.244 e. The fraction of sp³-hybridized carbons (Fsp3) is 0.400. The van der Waals surface area contributed by atoms with Crippen LogP contribution in [0, 0.1) is 12.3 Å². The fourth-order valence-electron chi connectivity index (χ4n) is 3.19. The topological polar surface area (TPSA) is 29.4 Å². The molecule has 3 heteroatoms. The van der Waals surface area contributed by atoms with Crippen LogP contribution in [0.15, 0.2) is 57.8 Å². The second-order valence-corrected chi connectivity index (χ2v) is 10.0. The third kappa shape index (κ3) is 2.61. The number of benzene rings is 2. The molecule has 0 amide bonds. The highest BCUT2D eigenvalue weighted by molar-refractivity contribution is 7.93. The molecule has 0 aromatic heterocycles. The highest BCUT2D eigenvalue weighted by Crippen LogP contribution is 2.50. The Kier molecular flexibility index (Phi) is 3.68. The molecule has 0 fully saturated rings. The normalized spacial score (nSPS) is 27.2. The second-order valence-electron chi connectivity index (χ2n) is 7.79. The number of nitrogens with zero attached hydrogens (tertiary/aromatic N) is 1. The van der Waals surface area contributed by atoms with Crippen LogP contribution < -0.4 is 0 Å². The van der Waals surface area contributed by atoms with Gasteiger partial charge in [-0.3, -0.25) is 0 Å². The van der Waals surface area contributed by atoms with E-state index in [0.29, 0.717) is 5.75 Å². The minimum Gasteiger partial charge on any atom is -0.244 e. The van der Waals surface area contributed by atoms with Crippen LogP contribution in [-0.2, 0) is 15.1 Å². The average molecular weight is 327 g/mol. The third-order valence-electron chi connectivity index (χ3n) is 5.27. The van der Waals surface area contributed by atoms with Gasteiger partial charge in [-0.2, -0.15) is 4.36 Å². The van der Waals surface area contributed by atoms with Crippen LogP contribution in [0.25, 0.3) is 0 Å². The number of rotatable bonds is 1. The first kappa shape index (κ1) is 16.3. The summed E-state index contributed by atoms with van der Waals surface area (Å²) < 4.78 is 18.5. The zero-order valence-electron chi connectivity index (χ0n) is 14.6. The van der Waals surface area contributed by atoms with Crippen molar-refractivity contribution in [2.75, 3.05) is 5.75 Å². The molecule has 3 rings (SSSR count). The smallest absolute Gasteiger partial charge is 0.0809 e. The lowest BCUT2D eigenvalue weighted by atomic mass is 9.64. The van der Waals surface area contributed by atoms with Gasteiger partial charge in [-0.1, -0.05) is 63.6 Å². The maximum absolute atomic E-state index is 13.8. The van der Waals surface area contributed by atoms with Gasteiger partial charge in [0, 0.05) is 16.1 Å². The Bertz CT molecular complexity index is 852. The molecule has 1 aliphatic heterocycles. The molecule has 0 saturated carbocycles. The van der Waals surface area contributed by atoms with Crippen LogP contribution in [0.5, 0.6) is 0 Å². The Morgan fingerprint density at radius 2 is 1.65 bits per heavy atom. The molecule has 23 heavy (non-hydrogen) atoms. The van der Waals surface area contributed by atoms with E-state index >= 15 is 0 Å². The molecule has 1 heterocycles. The summed E-state index contributed by atoms with van der Waals surface area (Å²) in [4.78, 5) is 0.841. The maximum atomic E-state index is 13.8. The molecular weight excluding hydrogens is 302 g/mol. The summed E-state index contributed by atoms with van der Waals surface area (Å²) >= 11 is 0. The van der Waals surface area contributed by atoms with Crippen LogP contribution in [0.2, 0.25) is 0 Å². The highest BCUT2D eigenvalue weighted by atomic mass is 32.2. The van der Waals surface area contributed by atoms with Crippen molar-refractivity contribution in [2.45, 2.75) is 44.9 Å². The average Bonchev–Trinajstić information content (AvgIpc) is 2.46. The van der Waals surface area contributed by atoms with E-state index in [-0.39, 0.29) is 10.8 Å². The molecule has 1 aliphatic rings. The number of fused-ring (bicyclic) bond motifs is 1. The molecule has 0 bridgehead atoms. The van der Waals surface area contributed by atoms with Gasteiger partial charge < -0.3 is 0 Å².